The predicted molar refractivity (Wildman–Crippen MR) is 67.2 cm³/mol. The molecule has 0 saturated heterocycles. The second-order valence-corrected chi connectivity index (χ2v) is 5.77. The molecule has 18 heavy (non-hydrogen) atoms. The summed E-state index contributed by atoms with van der Waals surface area (Å²) in [7, 11) is -3.70. The van der Waals surface area contributed by atoms with Crippen molar-refractivity contribution in [1.82, 2.24) is 9.29 Å². The molecule has 0 unspecified atom stereocenters. The lowest BCUT2D eigenvalue weighted by molar-refractivity contribution is 0.0683. The standard InChI is InChI=1S/C11H16N2O4S/c1-4-5-12-18(16,17)9-6-10(11(14)15)13(7-9)8(2)3/h4,6-8,12H,1,5H2,2-3H3,(H,14,15). The van der Waals surface area contributed by atoms with Crippen molar-refractivity contribution in [2.75, 3.05) is 6.54 Å². The number of carbonyl (C=O) groups is 1. The Morgan fingerprint density at radius 2 is 2.22 bits per heavy atom. The van der Waals surface area contributed by atoms with Gasteiger partial charge in [0.05, 0.1) is 0 Å². The van der Waals surface area contributed by atoms with Crippen molar-refractivity contribution < 1.29 is 18.3 Å². The lowest BCUT2D eigenvalue weighted by atomic mass is 10.3. The van der Waals surface area contributed by atoms with Crippen LogP contribution in [0.15, 0.2) is 29.8 Å². The predicted octanol–water partition coefficient (Wildman–Crippen LogP) is 1.23. The molecule has 0 atom stereocenters. The van der Waals surface area contributed by atoms with E-state index in [9.17, 15) is 13.2 Å². The molecular weight excluding hydrogens is 256 g/mol. The van der Waals surface area contributed by atoms with E-state index in [1.54, 1.807) is 13.8 Å². The van der Waals surface area contributed by atoms with Crippen molar-refractivity contribution >= 4 is 16.0 Å². The number of hydrogen-bond acceptors (Lipinski definition) is 3. The monoisotopic (exact) mass is 272 g/mol. The molecule has 0 aliphatic heterocycles. The van der Waals surface area contributed by atoms with Crippen molar-refractivity contribution in [3.8, 4) is 0 Å². The molecule has 2 N–H and O–H groups in total. The Bertz CT molecular complexity index is 558. The van der Waals surface area contributed by atoms with Crippen molar-refractivity contribution in [3.05, 3.63) is 30.6 Å². The maximum Gasteiger partial charge on any atom is 0.352 e. The van der Waals surface area contributed by atoms with Gasteiger partial charge >= 0.3 is 5.97 Å². The fraction of sp³-hybridized carbons (Fsp3) is 0.364. The highest BCUT2D eigenvalue weighted by atomic mass is 32.2. The molecule has 0 amide bonds. The first-order valence-corrected chi connectivity index (χ1v) is 6.83. The van der Waals surface area contributed by atoms with Gasteiger partial charge in [0.25, 0.3) is 0 Å². The molecule has 6 nitrogen and oxygen atoms in total. The van der Waals surface area contributed by atoms with E-state index in [-0.39, 0.29) is 23.2 Å². The van der Waals surface area contributed by atoms with Crippen LogP contribution in [-0.2, 0) is 10.0 Å². The van der Waals surface area contributed by atoms with Crippen LogP contribution in [0.4, 0.5) is 0 Å². The number of sulfonamides is 1. The molecule has 1 heterocycles. The third-order valence-corrected chi connectivity index (χ3v) is 3.72. The van der Waals surface area contributed by atoms with Crippen LogP contribution < -0.4 is 4.72 Å². The summed E-state index contributed by atoms with van der Waals surface area (Å²) in [4.78, 5) is 11.0. The molecule has 0 spiro atoms. The third kappa shape index (κ3) is 2.99. The van der Waals surface area contributed by atoms with Crippen molar-refractivity contribution in [3.63, 3.8) is 0 Å². The summed E-state index contributed by atoms with van der Waals surface area (Å²) >= 11 is 0. The van der Waals surface area contributed by atoms with Gasteiger partial charge in [0, 0.05) is 18.8 Å². The van der Waals surface area contributed by atoms with E-state index in [1.807, 2.05) is 0 Å². The SMILES string of the molecule is C=CCNS(=O)(=O)c1cc(C(=O)O)n(C(C)C)c1. The highest BCUT2D eigenvalue weighted by Gasteiger charge is 2.21. The molecule has 0 fully saturated rings. The number of aromatic carboxylic acids is 1. The van der Waals surface area contributed by atoms with Gasteiger partial charge in [0.15, 0.2) is 0 Å². The van der Waals surface area contributed by atoms with Gasteiger partial charge in [-0.15, -0.1) is 6.58 Å². The van der Waals surface area contributed by atoms with Crippen LogP contribution in [0.3, 0.4) is 0 Å². The number of rotatable bonds is 6. The lowest BCUT2D eigenvalue weighted by Crippen LogP contribution is -2.23. The molecular formula is C11H16N2O4S. The van der Waals surface area contributed by atoms with Gasteiger partial charge in [-0.25, -0.2) is 17.9 Å². The van der Waals surface area contributed by atoms with E-state index >= 15 is 0 Å². The minimum Gasteiger partial charge on any atom is -0.477 e. The number of nitrogens with one attached hydrogen (secondary N) is 1. The Morgan fingerprint density at radius 1 is 1.61 bits per heavy atom. The molecule has 100 valence electrons. The average Bonchev–Trinajstić information content (AvgIpc) is 2.72. The molecule has 7 heteroatoms. The maximum atomic E-state index is 11.8. The normalized spacial score (nSPS) is 11.7. The second-order valence-electron chi connectivity index (χ2n) is 4.01. The van der Waals surface area contributed by atoms with Crippen molar-refractivity contribution in [2.24, 2.45) is 0 Å². The van der Waals surface area contributed by atoms with Crippen LogP contribution in [0.1, 0.15) is 30.4 Å². The van der Waals surface area contributed by atoms with Crippen molar-refractivity contribution in [1.29, 1.82) is 0 Å². The first-order valence-electron chi connectivity index (χ1n) is 5.35. The van der Waals surface area contributed by atoms with Crippen LogP contribution in [-0.4, -0.2) is 30.6 Å². The molecule has 0 bridgehead atoms. The molecule has 0 aliphatic rings. The maximum absolute atomic E-state index is 11.8. The number of hydrogen-bond donors (Lipinski definition) is 2. The highest BCUT2D eigenvalue weighted by Crippen LogP contribution is 2.18. The van der Waals surface area contributed by atoms with Crippen molar-refractivity contribution in [2.45, 2.75) is 24.8 Å². The summed E-state index contributed by atoms with van der Waals surface area (Å²) in [5.74, 6) is -1.16. The summed E-state index contributed by atoms with van der Waals surface area (Å²) in [6, 6.07) is 1.01. The molecule has 0 aliphatic carbocycles. The van der Waals surface area contributed by atoms with Gasteiger partial charge in [-0.3, -0.25) is 0 Å². The second kappa shape index (κ2) is 5.36. The molecule has 0 saturated carbocycles. The summed E-state index contributed by atoms with van der Waals surface area (Å²) in [5, 5.41) is 9.02. The van der Waals surface area contributed by atoms with Gasteiger partial charge in [-0.2, -0.15) is 0 Å². The largest absolute Gasteiger partial charge is 0.477 e. The molecule has 0 aromatic carbocycles. The molecule has 1 rings (SSSR count). The molecule has 1 aromatic rings. The number of carboxylic acids is 1. The highest BCUT2D eigenvalue weighted by molar-refractivity contribution is 7.89. The number of nitrogens with zero attached hydrogens (tertiary/aromatic N) is 1. The topological polar surface area (TPSA) is 88.4 Å². The Kier molecular flexibility index (Phi) is 4.31. The Hall–Kier alpha value is -1.60. The summed E-state index contributed by atoms with van der Waals surface area (Å²) in [5.41, 5.74) is -0.0519. The van der Waals surface area contributed by atoms with Crippen LogP contribution in [0.2, 0.25) is 0 Å². The van der Waals surface area contributed by atoms with Crippen LogP contribution in [0.25, 0.3) is 0 Å². The Balaban J connectivity index is 3.23. The van der Waals surface area contributed by atoms with Gasteiger partial charge in [0.2, 0.25) is 10.0 Å². The molecule has 1 aromatic heterocycles. The Labute approximate surface area is 106 Å². The minimum absolute atomic E-state index is 0.0519. The molecule has 0 radical (unpaired) electrons. The van der Waals surface area contributed by atoms with Gasteiger partial charge < -0.3 is 9.67 Å². The van der Waals surface area contributed by atoms with E-state index in [2.05, 4.69) is 11.3 Å². The minimum atomic E-state index is -3.70. The van der Waals surface area contributed by atoms with Gasteiger partial charge in [0.1, 0.15) is 10.6 Å². The fourth-order valence-electron chi connectivity index (χ4n) is 1.45. The summed E-state index contributed by atoms with van der Waals surface area (Å²) in [6.07, 6.45) is 2.73. The lowest BCUT2D eigenvalue weighted by Gasteiger charge is -2.09. The van der Waals surface area contributed by atoms with Crippen LogP contribution >= 0.6 is 0 Å². The first kappa shape index (κ1) is 14.5. The average molecular weight is 272 g/mol. The van der Waals surface area contributed by atoms with E-state index in [0.717, 1.165) is 6.07 Å². The van der Waals surface area contributed by atoms with E-state index in [1.165, 1.54) is 16.8 Å². The van der Waals surface area contributed by atoms with Crippen LogP contribution in [0, 0.1) is 0 Å². The van der Waals surface area contributed by atoms with Gasteiger partial charge in [-0.1, -0.05) is 6.08 Å². The number of carboxylic acid groups (broad SMARTS) is 1. The zero-order chi connectivity index (χ0) is 13.9. The first-order chi connectivity index (χ1) is 8.29. The zero-order valence-electron chi connectivity index (χ0n) is 10.3. The van der Waals surface area contributed by atoms with E-state index in [0.29, 0.717) is 0 Å². The van der Waals surface area contributed by atoms with E-state index in [4.69, 9.17) is 5.11 Å². The quantitative estimate of drug-likeness (QED) is 0.762. The number of aromatic nitrogens is 1. The van der Waals surface area contributed by atoms with Crippen LogP contribution in [0.5, 0.6) is 0 Å². The summed E-state index contributed by atoms with van der Waals surface area (Å²) in [6.45, 7) is 7.06. The fourth-order valence-corrected chi connectivity index (χ4v) is 2.47. The zero-order valence-corrected chi connectivity index (χ0v) is 11.1. The van der Waals surface area contributed by atoms with E-state index < -0.39 is 16.0 Å². The smallest absolute Gasteiger partial charge is 0.352 e. The Morgan fingerprint density at radius 3 is 2.61 bits per heavy atom. The summed E-state index contributed by atoms with van der Waals surface area (Å²) < 4.78 is 27.4. The van der Waals surface area contributed by atoms with Gasteiger partial charge in [-0.05, 0) is 19.9 Å². The third-order valence-electron chi connectivity index (χ3n) is 2.33.